The zero-order valence-electron chi connectivity index (χ0n) is 16.9. The van der Waals surface area contributed by atoms with Crippen molar-refractivity contribution in [1.82, 2.24) is 19.5 Å². The minimum atomic E-state index is -0.454. The summed E-state index contributed by atoms with van der Waals surface area (Å²) in [6, 6.07) is 6.59. The van der Waals surface area contributed by atoms with E-state index >= 15 is 0 Å². The molecule has 0 fully saturated rings. The molecule has 8 nitrogen and oxygen atoms in total. The Balaban J connectivity index is 2.24. The van der Waals surface area contributed by atoms with Gasteiger partial charge in [-0.05, 0) is 25.5 Å². The SMILES string of the molecule is CCc1nn2c(=O)cc(-c3ccc(Cl)c(OC)c3)[nH]c2c1C(=O)N=C(C)N(C)C. The van der Waals surface area contributed by atoms with Gasteiger partial charge in [0.05, 0.1) is 23.5 Å². The molecule has 0 aliphatic heterocycles. The lowest BCUT2D eigenvalue weighted by atomic mass is 10.1. The predicted molar refractivity (Wildman–Crippen MR) is 113 cm³/mol. The summed E-state index contributed by atoms with van der Waals surface area (Å²) in [4.78, 5) is 34.6. The number of aromatic nitrogens is 3. The van der Waals surface area contributed by atoms with Crippen LogP contribution in [0.5, 0.6) is 5.75 Å². The molecule has 0 spiro atoms. The van der Waals surface area contributed by atoms with Crippen molar-refractivity contribution < 1.29 is 9.53 Å². The van der Waals surface area contributed by atoms with Crippen LogP contribution in [0.4, 0.5) is 0 Å². The fraction of sp³-hybridized carbons (Fsp3) is 0.300. The number of methoxy groups -OCH3 is 1. The number of amides is 1. The van der Waals surface area contributed by atoms with Crippen LogP contribution in [0.3, 0.4) is 0 Å². The fourth-order valence-electron chi connectivity index (χ4n) is 2.84. The van der Waals surface area contributed by atoms with Crippen LogP contribution in [0.2, 0.25) is 5.02 Å². The lowest BCUT2D eigenvalue weighted by Gasteiger charge is -2.10. The number of aliphatic imine (C=N–C) groups is 1. The Morgan fingerprint density at radius 2 is 2.07 bits per heavy atom. The molecule has 1 aromatic carbocycles. The molecule has 2 heterocycles. The molecule has 0 unspecified atom stereocenters. The first-order valence-electron chi connectivity index (χ1n) is 9.02. The van der Waals surface area contributed by atoms with Gasteiger partial charge in [0.2, 0.25) is 0 Å². The van der Waals surface area contributed by atoms with E-state index in [1.165, 1.54) is 17.7 Å². The van der Waals surface area contributed by atoms with Gasteiger partial charge in [-0.2, -0.15) is 14.6 Å². The van der Waals surface area contributed by atoms with E-state index in [-0.39, 0.29) is 11.1 Å². The van der Waals surface area contributed by atoms with Crippen LogP contribution in [0.1, 0.15) is 29.9 Å². The number of halogens is 1. The molecule has 9 heteroatoms. The molecule has 29 heavy (non-hydrogen) atoms. The Kier molecular flexibility index (Phi) is 5.74. The second-order valence-electron chi connectivity index (χ2n) is 6.66. The first-order valence-corrected chi connectivity index (χ1v) is 9.40. The van der Waals surface area contributed by atoms with Crippen molar-refractivity contribution in [2.75, 3.05) is 21.2 Å². The van der Waals surface area contributed by atoms with Gasteiger partial charge in [0, 0.05) is 25.7 Å². The standard InChI is InChI=1S/C20H22ClN5O3/c1-6-14-18(20(28)22-11(2)25(3)4)19-23-15(10-17(27)26(19)24-14)12-7-8-13(21)16(9-12)29-5/h7-10,23H,6H2,1-5H3. The summed E-state index contributed by atoms with van der Waals surface area (Å²) in [6.07, 6.45) is 0.483. The number of carbonyl (C=O) groups excluding carboxylic acids is 1. The molecule has 3 aromatic rings. The number of benzene rings is 1. The van der Waals surface area contributed by atoms with Gasteiger partial charge in [-0.3, -0.25) is 9.59 Å². The topological polar surface area (TPSA) is 92.1 Å². The number of carbonyl (C=O) groups is 1. The molecule has 0 aliphatic rings. The van der Waals surface area contributed by atoms with Crippen LogP contribution in [0.15, 0.2) is 34.1 Å². The van der Waals surface area contributed by atoms with Crippen LogP contribution in [0, 0.1) is 0 Å². The van der Waals surface area contributed by atoms with E-state index < -0.39 is 5.91 Å². The lowest BCUT2D eigenvalue weighted by Crippen LogP contribution is -2.20. The third-order valence-corrected chi connectivity index (χ3v) is 4.92. The molecular weight excluding hydrogens is 394 g/mol. The average molecular weight is 416 g/mol. The molecule has 0 bridgehead atoms. The summed E-state index contributed by atoms with van der Waals surface area (Å²) < 4.78 is 6.45. The molecular formula is C20H22ClN5O3. The summed E-state index contributed by atoms with van der Waals surface area (Å²) in [5, 5.41) is 4.77. The first-order chi connectivity index (χ1) is 13.8. The van der Waals surface area contributed by atoms with Gasteiger partial charge in [-0.15, -0.1) is 0 Å². The Bertz CT molecular complexity index is 1180. The minimum Gasteiger partial charge on any atom is -0.495 e. The Labute approximate surface area is 172 Å². The average Bonchev–Trinajstić information content (AvgIpc) is 3.07. The van der Waals surface area contributed by atoms with Gasteiger partial charge in [0.15, 0.2) is 5.65 Å². The summed E-state index contributed by atoms with van der Waals surface area (Å²) in [7, 11) is 5.12. The Morgan fingerprint density at radius 3 is 2.69 bits per heavy atom. The number of nitrogens with one attached hydrogen (secondary N) is 1. The fourth-order valence-corrected chi connectivity index (χ4v) is 3.04. The third kappa shape index (κ3) is 3.88. The predicted octanol–water partition coefficient (Wildman–Crippen LogP) is 3.03. The van der Waals surface area contributed by atoms with Crippen molar-refractivity contribution in [1.29, 1.82) is 0 Å². The Hall–Kier alpha value is -3.13. The number of hydrogen-bond donors (Lipinski definition) is 1. The number of fused-ring (bicyclic) bond motifs is 1. The maximum Gasteiger partial charge on any atom is 0.284 e. The second-order valence-corrected chi connectivity index (χ2v) is 7.07. The van der Waals surface area contributed by atoms with Crippen molar-refractivity contribution in [2.24, 2.45) is 4.99 Å². The second kappa shape index (κ2) is 8.08. The van der Waals surface area contributed by atoms with E-state index in [9.17, 15) is 9.59 Å². The smallest absolute Gasteiger partial charge is 0.284 e. The maximum absolute atomic E-state index is 12.9. The summed E-state index contributed by atoms with van der Waals surface area (Å²) in [5.74, 6) is 0.581. The van der Waals surface area contributed by atoms with Gasteiger partial charge in [-0.1, -0.05) is 24.6 Å². The van der Waals surface area contributed by atoms with Gasteiger partial charge >= 0.3 is 0 Å². The van der Waals surface area contributed by atoms with Gasteiger partial charge in [0.25, 0.3) is 11.5 Å². The quantitative estimate of drug-likeness (QED) is 0.522. The molecule has 0 atom stereocenters. The van der Waals surface area contributed by atoms with Crippen LogP contribution in [-0.2, 0) is 6.42 Å². The number of nitrogens with zero attached hydrogens (tertiary/aromatic N) is 4. The first kappa shape index (κ1) is 20.6. The van der Waals surface area contributed by atoms with E-state index in [2.05, 4.69) is 15.1 Å². The van der Waals surface area contributed by atoms with Gasteiger partial charge in [-0.25, -0.2) is 0 Å². The number of aromatic amines is 1. The molecule has 1 amide bonds. The highest BCUT2D eigenvalue weighted by atomic mass is 35.5. The molecule has 0 aliphatic carbocycles. The van der Waals surface area contributed by atoms with E-state index in [1.54, 1.807) is 44.1 Å². The summed E-state index contributed by atoms with van der Waals surface area (Å²) in [5.41, 5.74) is 1.94. The molecule has 0 radical (unpaired) electrons. The van der Waals surface area contributed by atoms with Crippen molar-refractivity contribution in [3.05, 3.63) is 50.9 Å². The monoisotopic (exact) mass is 415 g/mol. The molecule has 1 N–H and O–H groups in total. The zero-order chi connectivity index (χ0) is 21.3. The summed E-state index contributed by atoms with van der Waals surface area (Å²) >= 11 is 6.10. The molecule has 3 rings (SSSR count). The van der Waals surface area contributed by atoms with Crippen molar-refractivity contribution in [3.8, 4) is 17.0 Å². The van der Waals surface area contributed by atoms with Crippen LogP contribution in [0.25, 0.3) is 16.9 Å². The van der Waals surface area contributed by atoms with Crippen molar-refractivity contribution in [3.63, 3.8) is 0 Å². The molecule has 2 aromatic heterocycles. The third-order valence-electron chi connectivity index (χ3n) is 4.61. The van der Waals surface area contributed by atoms with E-state index in [1.807, 2.05) is 6.92 Å². The number of aryl methyl sites for hydroxylation is 1. The number of hydrogen-bond acceptors (Lipinski definition) is 4. The zero-order valence-corrected chi connectivity index (χ0v) is 17.7. The number of rotatable bonds is 4. The highest BCUT2D eigenvalue weighted by Crippen LogP contribution is 2.29. The normalized spacial score (nSPS) is 11.7. The molecule has 152 valence electrons. The minimum absolute atomic E-state index is 0.286. The highest BCUT2D eigenvalue weighted by Gasteiger charge is 2.21. The number of ether oxygens (including phenoxy) is 1. The molecule has 0 saturated heterocycles. The largest absolute Gasteiger partial charge is 0.495 e. The lowest BCUT2D eigenvalue weighted by molar-refractivity contribution is 0.100. The van der Waals surface area contributed by atoms with Crippen LogP contribution in [-0.4, -0.2) is 52.4 Å². The van der Waals surface area contributed by atoms with E-state index in [0.717, 1.165) is 0 Å². The maximum atomic E-state index is 12.9. The van der Waals surface area contributed by atoms with Gasteiger partial charge < -0.3 is 14.6 Å². The van der Waals surface area contributed by atoms with Gasteiger partial charge in [0.1, 0.15) is 17.1 Å². The Morgan fingerprint density at radius 1 is 1.34 bits per heavy atom. The summed E-state index contributed by atoms with van der Waals surface area (Å²) in [6.45, 7) is 3.61. The van der Waals surface area contributed by atoms with Crippen molar-refractivity contribution >= 4 is 29.0 Å². The van der Waals surface area contributed by atoms with Crippen LogP contribution >= 0.6 is 11.6 Å². The van der Waals surface area contributed by atoms with E-state index in [0.29, 0.717) is 45.6 Å². The number of amidine groups is 1. The van der Waals surface area contributed by atoms with E-state index in [4.69, 9.17) is 16.3 Å². The highest BCUT2D eigenvalue weighted by molar-refractivity contribution is 6.32. The van der Waals surface area contributed by atoms with Crippen LogP contribution < -0.4 is 10.3 Å². The number of H-pyrrole nitrogens is 1. The molecule has 0 saturated carbocycles. The van der Waals surface area contributed by atoms with Crippen molar-refractivity contribution in [2.45, 2.75) is 20.3 Å².